The van der Waals surface area contributed by atoms with Crippen LogP contribution in [0.15, 0.2) is 0 Å². The standard InChI is InChI=1S/C11H21N3O3/c1-7-5-14(6-8(2)17-7)9(3)10(15)13-11(16)12-4/h7-9H,5-6H2,1-4H3,(H2,12,13,15,16)/t7-,8+,9-/m0/s1. The smallest absolute Gasteiger partial charge is 0.321 e. The van der Waals surface area contributed by atoms with Crippen LogP contribution in [0.4, 0.5) is 4.79 Å². The molecule has 0 radical (unpaired) electrons. The molecule has 6 heteroatoms. The summed E-state index contributed by atoms with van der Waals surface area (Å²) in [6.07, 6.45) is 0.211. The van der Waals surface area contributed by atoms with Crippen LogP contribution in [0.1, 0.15) is 20.8 Å². The van der Waals surface area contributed by atoms with Crippen LogP contribution in [0, 0.1) is 0 Å². The molecule has 1 rings (SSSR count). The molecule has 0 aliphatic carbocycles. The molecule has 1 saturated heterocycles. The average Bonchev–Trinajstić information content (AvgIpc) is 2.26. The number of nitrogens with one attached hydrogen (secondary N) is 2. The number of rotatable bonds is 2. The van der Waals surface area contributed by atoms with Gasteiger partial charge in [-0.3, -0.25) is 15.0 Å². The largest absolute Gasteiger partial charge is 0.373 e. The first-order chi connectivity index (χ1) is 7.93. The minimum atomic E-state index is -0.476. The Hall–Kier alpha value is -1.14. The van der Waals surface area contributed by atoms with E-state index in [9.17, 15) is 9.59 Å². The van der Waals surface area contributed by atoms with E-state index in [-0.39, 0.29) is 24.2 Å². The van der Waals surface area contributed by atoms with Gasteiger partial charge in [0.05, 0.1) is 18.2 Å². The molecule has 0 aromatic heterocycles. The quantitative estimate of drug-likeness (QED) is 0.713. The second-order valence-corrected chi connectivity index (χ2v) is 4.46. The summed E-state index contributed by atoms with van der Waals surface area (Å²) in [7, 11) is 1.48. The van der Waals surface area contributed by atoms with E-state index in [2.05, 4.69) is 10.6 Å². The second kappa shape index (κ2) is 5.97. The van der Waals surface area contributed by atoms with E-state index in [1.165, 1.54) is 7.05 Å². The van der Waals surface area contributed by atoms with Crippen molar-refractivity contribution in [2.75, 3.05) is 20.1 Å². The molecule has 17 heavy (non-hydrogen) atoms. The van der Waals surface area contributed by atoms with E-state index in [0.717, 1.165) is 0 Å². The number of morpholine rings is 1. The zero-order valence-electron chi connectivity index (χ0n) is 10.8. The van der Waals surface area contributed by atoms with Crippen molar-refractivity contribution < 1.29 is 14.3 Å². The van der Waals surface area contributed by atoms with Gasteiger partial charge in [-0.2, -0.15) is 0 Å². The highest BCUT2D eigenvalue weighted by Crippen LogP contribution is 2.13. The molecule has 2 N–H and O–H groups in total. The molecular formula is C11H21N3O3. The molecule has 0 bridgehead atoms. The number of urea groups is 1. The van der Waals surface area contributed by atoms with Gasteiger partial charge in [0.15, 0.2) is 0 Å². The Balaban J connectivity index is 2.53. The lowest BCUT2D eigenvalue weighted by Crippen LogP contribution is -2.55. The number of amides is 3. The third-order valence-electron chi connectivity index (χ3n) is 2.84. The van der Waals surface area contributed by atoms with Crippen LogP contribution in [0.25, 0.3) is 0 Å². The van der Waals surface area contributed by atoms with Crippen LogP contribution < -0.4 is 10.6 Å². The highest BCUT2D eigenvalue weighted by Gasteiger charge is 2.29. The summed E-state index contributed by atoms with van der Waals surface area (Å²) in [4.78, 5) is 24.8. The Morgan fingerprint density at radius 3 is 2.29 bits per heavy atom. The summed E-state index contributed by atoms with van der Waals surface area (Å²) in [5.41, 5.74) is 0. The lowest BCUT2D eigenvalue weighted by molar-refractivity contribution is -0.130. The van der Waals surface area contributed by atoms with Gasteiger partial charge in [0, 0.05) is 20.1 Å². The topological polar surface area (TPSA) is 70.7 Å². The molecule has 3 atom stereocenters. The molecule has 1 aliphatic rings. The summed E-state index contributed by atoms with van der Waals surface area (Å²) < 4.78 is 5.60. The lowest BCUT2D eigenvalue weighted by Gasteiger charge is -2.38. The number of hydrogen-bond donors (Lipinski definition) is 2. The van der Waals surface area contributed by atoms with Crippen LogP contribution in [-0.4, -0.2) is 55.2 Å². The van der Waals surface area contributed by atoms with Crippen molar-refractivity contribution >= 4 is 11.9 Å². The number of nitrogens with zero attached hydrogens (tertiary/aromatic N) is 1. The van der Waals surface area contributed by atoms with Gasteiger partial charge in [-0.1, -0.05) is 0 Å². The minimum Gasteiger partial charge on any atom is -0.373 e. The summed E-state index contributed by atoms with van der Waals surface area (Å²) >= 11 is 0. The first-order valence-corrected chi connectivity index (χ1v) is 5.86. The van der Waals surface area contributed by atoms with Gasteiger partial charge < -0.3 is 10.1 Å². The van der Waals surface area contributed by atoms with E-state index in [1.54, 1.807) is 6.92 Å². The highest BCUT2D eigenvalue weighted by molar-refractivity contribution is 5.96. The molecule has 0 saturated carbocycles. The van der Waals surface area contributed by atoms with Gasteiger partial charge in [-0.05, 0) is 20.8 Å². The number of ether oxygens (including phenoxy) is 1. The van der Waals surface area contributed by atoms with Crippen LogP contribution in [0.3, 0.4) is 0 Å². The fourth-order valence-corrected chi connectivity index (χ4v) is 1.98. The summed E-state index contributed by atoms with van der Waals surface area (Å²) in [5, 5.41) is 4.64. The molecule has 0 spiro atoms. The Morgan fingerprint density at radius 2 is 1.82 bits per heavy atom. The maximum atomic E-state index is 11.8. The van der Waals surface area contributed by atoms with Gasteiger partial charge in [-0.25, -0.2) is 4.79 Å². The molecule has 6 nitrogen and oxygen atoms in total. The van der Waals surface area contributed by atoms with Gasteiger partial charge in [-0.15, -0.1) is 0 Å². The van der Waals surface area contributed by atoms with Crippen LogP contribution in [0.5, 0.6) is 0 Å². The molecule has 1 fully saturated rings. The number of hydrogen-bond acceptors (Lipinski definition) is 4. The van der Waals surface area contributed by atoms with Crippen LogP contribution >= 0.6 is 0 Å². The van der Waals surface area contributed by atoms with Crippen LogP contribution in [0.2, 0.25) is 0 Å². The number of carbonyl (C=O) groups is 2. The third-order valence-corrected chi connectivity index (χ3v) is 2.84. The van der Waals surface area contributed by atoms with E-state index in [1.807, 2.05) is 18.7 Å². The molecule has 0 aromatic rings. The van der Waals surface area contributed by atoms with Gasteiger partial charge in [0.1, 0.15) is 0 Å². The van der Waals surface area contributed by atoms with Crippen molar-refractivity contribution in [3.05, 3.63) is 0 Å². The van der Waals surface area contributed by atoms with E-state index in [4.69, 9.17) is 4.74 Å². The third kappa shape index (κ3) is 3.98. The zero-order valence-corrected chi connectivity index (χ0v) is 10.8. The number of carbonyl (C=O) groups excluding carboxylic acids is 2. The average molecular weight is 243 g/mol. The van der Waals surface area contributed by atoms with Crippen molar-refractivity contribution in [2.45, 2.75) is 39.0 Å². The highest BCUT2D eigenvalue weighted by atomic mass is 16.5. The van der Waals surface area contributed by atoms with E-state index < -0.39 is 6.03 Å². The molecule has 1 aliphatic heterocycles. The van der Waals surface area contributed by atoms with Gasteiger partial charge >= 0.3 is 6.03 Å². The minimum absolute atomic E-state index is 0.106. The molecule has 98 valence electrons. The molecule has 0 unspecified atom stereocenters. The van der Waals surface area contributed by atoms with Crippen molar-refractivity contribution in [3.63, 3.8) is 0 Å². The van der Waals surface area contributed by atoms with Gasteiger partial charge in [0.2, 0.25) is 5.91 Å². The van der Waals surface area contributed by atoms with Gasteiger partial charge in [0.25, 0.3) is 0 Å². The Kier molecular flexibility index (Phi) is 4.89. The van der Waals surface area contributed by atoms with E-state index in [0.29, 0.717) is 13.1 Å². The molecule has 3 amide bonds. The molecular weight excluding hydrogens is 222 g/mol. The number of imide groups is 1. The maximum Gasteiger partial charge on any atom is 0.321 e. The van der Waals surface area contributed by atoms with Crippen molar-refractivity contribution in [1.82, 2.24) is 15.5 Å². The second-order valence-electron chi connectivity index (χ2n) is 4.46. The summed E-state index contributed by atoms with van der Waals surface area (Å²) in [6, 6.07) is -0.808. The fourth-order valence-electron chi connectivity index (χ4n) is 1.98. The maximum absolute atomic E-state index is 11.8. The summed E-state index contributed by atoms with van der Waals surface area (Å²) in [5.74, 6) is -0.286. The summed E-state index contributed by atoms with van der Waals surface area (Å²) in [6.45, 7) is 7.15. The first kappa shape index (κ1) is 13.9. The normalized spacial score (nSPS) is 27.3. The zero-order chi connectivity index (χ0) is 13.0. The van der Waals surface area contributed by atoms with Crippen LogP contribution in [-0.2, 0) is 9.53 Å². The predicted octanol–water partition coefficient (Wildman–Crippen LogP) is -0.0603. The SMILES string of the molecule is CNC(=O)NC(=O)[C@H](C)N1C[C@@H](C)O[C@@H](C)C1. The Bertz CT molecular complexity index is 286. The Morgan fingerprint density at radius 1 is 1.29 bits per heavy atom. The Labute approximate surface area is 102 Å². The predicted molar refractivity (Wildman–Crippen MR) is 63.6 cm³/mol. The van der Waals surface area contributed by atoms with Crippen molar-refractivity contribution in [3.8, 4) is 0 Å². The fraction of sp³-hybridized carbons (Fsp3) is 0.818. The van der Waals surface area contributed by atoms with Crippen molar-refractivity contribution in [2.24, 2.45) is 0 Å². The molecule has 1 heterocycles. The van der Waals surface area contributed by atoms with E-state index >= 15 is 0 Å². The first-order valence-electron chi connectivity index (χ1n) is 5.86. The monoisotopic (exact) mass is 243 g/mol. The lowest BCUT2D eigenvalue weighted by atomic mass is 10.1. The van der Waals surface area contributed by atoms with Crippen molar-refractivity contribution in [1.29, 1.82) is 0 Å². The molecule has 0 aromatic carbocycles.